The molecule has 5 rings (SSSR count). The Morgan fingerprint density at radius 3 is 2.64 bits per heavy atom. The second kappa shape index (κ2) is 5.25. The summed E-state index contributed by atoms with van der Waals surface area (Å²) in [7, 11) is 0. The number of carbonyl (C=O) groups excluding carboxylic acids is 1. The maximum atomic E-state index is 11.9. The first-order chi connectivity index (χ1) is 11.8. The zero-order valence-corrected chi connectivity index (χ0v) is 16.4. The van der Waals surface area contributed by atoms with E-state index in [-0.39, 0.29) is 16.1 Å². The van der Waals surface area contributed by atoms with Crippen molar-refractivity contribution < 1.29 is 4.79 Å². The zero-order chi connectivity index (χ0) is 17.4. The Morgan fingerprint density at radius 2 is 1.88 bits per heavy atom. The van der Waals surface area contributed by atoms with Crippen molar-refractivity contribution in [2.75, 3.05) is 0 Å². The van der Waals surface area contributed by atoms with Crippen molar-refractivity contribution in [1.29, 1.82) is 0 Å². The first-order valence-corrected chi connectivity index (χ1v) is 10.7. The van der Waals surface area contributed by atoms with E-state index in [1.54, 1.807) is 0 Å². The molecule has 5 aliphatic rings. The van der Waals surface area contributed by atoms with E-state index in [1.807, 2.05) is 12.2 Å². The van der Waals surface area contributed by atoms with Crippen molar-refractivity contribution in [2.24, 2.45) is 28.6 Å². The second-order valence-electron chi connectivity index (χ2n) is 9.95. The fourth-order valence-electron chi connectivity index (χ4n) is 7.02. The van der Waals surface area contributed by atoms with Crippen molar-refractivity contribution in [3.05, 3.63) is 23.8 Å². The van der Waals surface area contributed by atoms with Crippen LogP contribution >= 0.6 is 12.6 Å². The highest BCUT2D eigenvalue weighted by molar-refractivity contribution is 7.82. The molecule has 0 aliphatic heterocycles. The standard InChI is InChI=1S/C22H31NOS/c1-20-9-7-15(24)13-14(20)3-4-16-17-5-6-19(23-22(25)11-12-22)21(17,2)10-8-18(16)20/h7,9,13,16-19,23,25H,3-6,8,10-12H2,1-2H3. The number of ketones is 1. The summed E-state index contributed by atoms with van der Waals surface area (Å²) < 4.78 is 0. The molecule has 0 heterocycles. The van der Waals surface area contributed by atoms with Gasteiger partial charge >= 0.3 is 0 Å². The highest BCUT2D eigenvalue weighted by atomic mass is 32.1. The maximum Gasteiger partial charge on any atom is 0.178 e. The molecule has 0 spiro atoms. The quantitative estimate of drug-likeness (QED) is 0.555. The van der Waals surface area contributed by atoms with E-state index < -0.39 is 0 Å². The Balaban J connectivity index is 1.43. The van der Waals surface area contributed by atoms with Crippen molar-refractivity contribution >= 4 is 18.4 Å². The monoisotopic (exact) mass is 357 g/mol. The molecule has 0 saturated heterocycles. The minimum absolute atomic E-state index is 0.130. The summed E-state index contributed by atoms with van der Waals surface area (Å²) in [5.74, 6) is 2.57. The van der Waals surface area contributed by atoms with E-state index in [2.05, 4.69) is 25.2 Å². The van der Waals surface area contributed by atoms with Gasteiger partial charge in [-0.15, -0.1) is 0 Å². The lowest BCUT2D eigenvalue weighted by atomic mass is 9.48. The molecule has 4 saturated carbocycles. The average molecular weight is 358 g/mol. The van der Waals surface area contributed by atoms with Gasteiger partial charge in [0.25, 0.3) is 0 Å². The molecule has 3 heteroatoms. The third kappa shape index (κ3) is 2.37. The number of carbonyl (C=O) groups is 1. The highest BCUT2D eigenvalue weighted by Crippen LogP contribution is 2.64. The topological polar surface area (TPSA) is 29.1 Å². The van der Waals surface area contributed by atoms with E-state index in [0.29, 0.717) is 11.5 Å². The van der Waals surface area contributed by atoms with E-state index in [0.717, 1.165) is 24.2 Å². The van der Waals surface area contributed by atoms with Crippen LogP contribution in [0.5, 0.6) is 0 Å². The van der Waals surface area contributed by atoms with Gasteiger partial charge in [0, 0.05) is 11.5 Å². The number of hydrogen-bond acceptors (Lipinski definition) is 3. The van der Waals surface area contributed by atoms with E-state index in [9.17, 15) is 4.79 Å². The SMILES string of the molecule is CC12C=CC(=O)C=C1CCC1C2CCC2(C)C(NC3(S)CC3)CCC12. The average Bonchev–Trinajstić information content (AvgIpc) is 3.21. The molecule has 6 unspecified atom stereocenters. The summed E-state index contributed by atoms with van der Waals surface area (Å²) in [6.45, 7) is 4.96. The Kier molecular flexibility index (Phi) is 3.49. The number of allylic oxidation sites excluding steroid dienone is 4. The van der Waals surface area contributed by atoms with Crippen LogP contribution in [0.3, 0.4) is 0 Å². The van der Waals surface area contributed by atoms with Crippen molar-refractivity contribution in [3.63, 3.8) is 0 Å². The Morgan fingerprint density at radius 1 is 1.08 bits per heavy atom. The molecule has 0 bridgehead atoms. The summed E-state index contributed by atoms with van der Waals surface area (Å²) >= 11 is 4.85. The molecule has 0 aromatic rings. The number of nitrogens with one attached hydrogen (secondary N) is 1. The van der Waals surface area contributed by atoms with E-state index in [1.165, 1.54) is 50.5 Å². The summed E-state index contributed by atoms with van der Waals surface area (Å²) in [6.07, 6.45) is 16.2. The van der Waals surface area contributed by atoms with Gasteiger partial charge in [-0.3, -0.25) is 10.1 Å². The van der Waals surface area contributed by atoms with Gasteiger partial charge in [0.15, 0.2) is 5.78 Å². The van der Waals surface area contributed by atoms with Crippen LogP contribution in [-0.4, -0.2) is 16.7 Å². The van der Waals surface area contributed by atoms with Gasteiger partial charge < -0.3 is 0 Å². The van der Waals surface area contributed by atoms with Crippen molar-refractivity contribution in [1.82, 2.24) is 5.32 Å². The lowest BCUT2D eigenvalue weighted by Crippen LogP contribution is -2.54. The molecule has 4 fully saturated rings. The number of thiol groups is 1. The second-order valence-corrected chi connectivity index (χ2v) is 10.8. The Labute approximate surface area is 157 Å². The van der Waals surface area contributed by atoms with Gasteiger partial charge in [-0.25, -0.2) is 0 Å². The fourth-order valence-corrected chi connectivity index (χ4v) is 7.29. The molecule has 136 valence electrons. The van der Waals surface area contributed by atoms with Gasteiger partial charge in [0.05, 0.1) is 4.87 Å². The summed E-state index contributed by atoms with van der Waals surface area (Å²) in [5.41, 5.74) is 1.97. The van der Waals surface area contributed by atoms with Crippen LogP contribution in [0.4, 0.5) is 0 Å². The van der Waals surface area contributed by atoms with Crippen molar-refractivity contribution in [2.45, 2.75) is 76.1 Å². The summed E-state index contributed by atoms with van der Waals surface area (Å²) in [5, 5.41) is 3.93. The van der Waals surface area contributed by atoms with Crippen molar-refractivity contribution in [3.8, 4) is 0 Å². The first-order valence-electron chi connectivity index (χ1n) is 10.3. The van der Waals surface area contributed by atoms with Crippen LogP contribution in [0.15, 0.2) is 23.8 Å². The fraction of sp³-hybridized carbons (Fsp3) is 0.773. The predicted molar refractivity (Wildman–Crippen MR) is 104 cm³/mol. The van der Waals surface area contributed by atoms with Crippen LogP contribution in [0, 0.1) is 28.6 Å². The van der Waals surface area contributed by atoms with Crippen LogP contribution in [-0.2, 0) is 4.79 Å². The Hall–Kier alpha value is -0.540. The molecule has 25 heavy (non-hydrogen) atoms. The smallest absolute Gasteiger partial charge is 0.178 e. The molecule has 6 atom stereocenters. The third-order valence-electron chi connectivity index (χ3n) is 8.72. The van der Waals surface area contributed by atoms with Gasteiger partial charge in [-0.05, 0) is 86.7 Å². The predicted octanol–water partition coefficient (Wildman–Crippen LogP) is 4.67. The van der Waals surface area contributed by atoms with Gasteiger partial charge in [-0.2, -0.15) is 12.6 Å². The minimum Gasteiger partial charge on any atom is -0.300 e. The van der Waals surface area contributed by atoms with Gasteiger partial charge in [0.1, 0.15) is 0 Å². The zero-order valence-electron chi connectivity index (χ0n) is 15.6. The molecule has 0 aromatic heterocycles. The molecule has 0 aromatic carbocycles. The molecule has 0 amide bonds. The minimum atomic E-state index is 0.130. The summed E-state index contributed by atoms with van der Waals surface area (Å²) in [6, 6.07) is 0.645. The molecular formula is C22H31NOS. The van der Waals surface area contributed by atoms with E-state index >= 15 is 0 Å². The first kappa shape index (κ1) is 16.6. The highest BCUT2D eigenvalue weighted by Gasteiger charge is 2.59. The molecule has 0 radical (unpaired) electrons. The normalized spacial score (nSPS) is 49.9. The van der Waals surface area contributed by atoms with Crippen LogP contribution in [0.25, 0.3) is 0 Å². The lowest BCUT2D eigenvalue weighted by molar-refractivity contribution is -0.111. The van der Waals surface area contributed by atoms with Crippen LogP contribution < -0.4 is 5.32 Å². The maximum absolute atomic E-state index is 11.9. The largest absolute Gasteiger partial charge is 0.300 e. The van der Waals surface area contributed by atoms with Crippen LogP contribution in [0.1, 0.15) is 65.2 Å². The lowest BCUT2D eigenvalue weighted by Gasteiger charge is -2.57. The number of hydrogen-bond donors (Lipinski definition) is 2. The Bertz CT molecular complexity index is 678. The van der Waals surface area contributed by atoms with Gasteiger partial charge in [0.2, 0.25) is 0 Å². The number of fused-ring (bicyclic) bond motifs is 5. The molecular weight excluding hydrogens is 326 g/mol. The van der Waals surface area contributed by atoms with E-state index in [4.69, 9.17) is 12.6 Å². The van der Waals surface area contributed by atoms with Crippen LogP contribution in [0.2, 0.25) is 0 Å². The molecule has 2 nitrogen and oxygen atoms in total. The molecule has 1 N–H and O–H groups in total. The summed E-state index contributed by atoms with van der Waals surface area (Å²) in [4.78, 5) is 12.0. The van der Waals surface area contributed by atoms with Gasteiger partial charge in [-0.1, -0.05) is 25.5 Å². The molecule has 5 aliphatic carbocycles. The third-order valence-corrected chi connectivity index (χ3v) is 9.30. The number of rotatable bonds is 2.